The predicted molar refractivity (Wildman–Crippen MR) is 116 cm³/mol. The van der Waals surface area contributed by atoms with Crippen LogP contribution in [-0.4, -0.2) is 72.7 Å². The largest absolute Gasteiger partial charge is 0.396 e. The van der Waals surface area contributed by atoms with Gasteiger partial charge in [-0.2, -0.15) is 0 Å². The van der Waals surface area contributed by atoms with E-state index in [2.05, 4.69) is 20.3 Å². The number of rotatable bonds is 12. The minimum absolute atomic E-state index is 0.0905. The quantitative estimate of drug-likeness (QED) is 0.211. The first-order chi connectivity index (χ1) is 14.4. The summed E-state index contributed by atoms with van der Waals surface area (Å²) in [6, 6.07) is 6.74. The van der Waals surface area contributed by atoms with Crippen LogP contribution in [0.4, 0.5) is 0 Å². The summed E-state index contributed by atoms with van der Waals surface area (Å²) in [4.78, 5) is 4.79. The molecular formula is C20H34N4O5S. The molecule has 0 saturated carbocycles. The van der Waals surface area contributed by atoms with E-state index in [0.29, 0.717) is 51.8 Å². The molecule has 1 saturated heterocycles. The number of ether oxygens (including phenoxy) is 2. The Labute approximate surface area is 179 Å². The maximum atomic E-state index is 12.4. The zero-order valence-corrected chi connectivity index (χ0v) is 18.6. The molecule has 1 fully saturated rings. The van der Waals surface area contributed by atoms with Crippen molar-refractivity contribution in [3.63, 3.8) is 0 Å². The molecule has 0 amide bonds. The normalized spacial score (nSPS) is 19.8. The molecule has 30 heavy (non-hydrogen) atoms. The molecule has 0 aliphatic carbocycles. The first kappa shape index (κ1) is 24.5. The smallest absolute Gasteiger partial charge is 0.240 e. The summed E-state index contributed by atoms with van der Waals surface area (Å²) in [5.74, 6) is 0.646. The van der Waals surface area contributed by atoms with Crippen LogP contribution in [0.15, 0.2) is 34.2 Å². The number of hydrogen-bond acceptors (Lipinski definition) is 6. The minimum atomic E-state index is -3.59. The summed E-state index contributed by atoms with van der Waals surface area (Å²) in [7, 11) is -2.06. The maximum absolute atomic E-state index is 12.4. The predicted octanol–water partition coefficient (Wildman–Crippen LogP) is 0.456. The van der Waals surface area contributed by atoms with E-state index in [1.54, 1.807) is 18.2 Å². The van der Waals surface area contributed by atoms with Gasteiger partial charge >= 0.3 is 0 Å². The molecule has 4 N–H and O–H groups in total. The van der Waals surface area contributed by atoms with Crippen molar-refractivity contribution in [1.29, 1.82) is 0 Å². The van der Waals surface area contributed by atoms with Gasteiger partial charge in [0.15, 0.2) is 5.96 Å². The van der Waals surface area contributed by atoms with Crippen LogP contribution in [-0.2, 0) is 26.0 Å². The van der Waals surface area contributed by atoms with Crippen molar-refractivity contribution < 1.29 is 23.0 Å². The average Bonchev–Trinajstić information content (AvgIpc) is 3.19. The minimum Gasteiger partial charge on any atom is -0.396 e. The Hall–Kier alpha value is -1.72. The molecule has 0 aromatic heterocycles. The molecule has 10 heteroatoms. The Morgan fingerprint density at radius 1 is 1.37 bits per heavy atom. The highest BCUT2D eigenvalue weighted by Crippen LogP contribution is 2.31. The Morgan fingerprint density at radius 2 is 2.20 bits per heavy atom. The topological polar surface area (TPSA) is 121 Å². The highest BCUT2D eigenvalue weighted by molar-refractivity contribution is 7.89. The van der Waals surface area contributed by atoms with Gasteiger partial charge in [-0.05, 0) is 37.5 Å². The van der Waals surface area contributed by atoms with Gasteiger partial charge in [-0.1, -0.05) is 12.1 Å². The number of guanidine groups is 1. The summed E-state index contributed by atoms with van der Waals surface area (Å²) in [6.45, 7) is 5.64. The number of hydrogen-bond donors (Lipinski definition) is 4. The Balaban J connectivity index is 2.03. The van der Waals surface area contributed by atoms with Gasteiger partial charge < -0.3 is 25.2 Å². The van der Waals surface area contributed by atoms with Crippen molar-refractivity contribution in [3.8, 4) is 0 Å². The fourth-order valence-electron chi connectivity index (χ4n) is 3.27. The van der Waals surface area contributed by atoms with Crippen LogP contribution >= 0.6 is 0 Å². The molecule has 1 aliphatic heterocycles. The van der Waals surface area contributed by atoms with Crippen molar-refractivity contribution in [3.05, 3.63) is 29.8 Å². The lowest BCUT2D eigenvalue weighted by atomic mass is 9.84. The number of aliphatic hydroxyl groups is 1. The second kappa shape index (κ2) is 12.2. The van der Waals surface area contributed by atoms with Crippen LogP contribution in [0, 0.1) is 5.41 Å². The fourth-order valence-corrected chi connectivity index (χ4v) is 4.35. The lowest BCUT2D eigenvalue weighted by Crippen LogP contribution is -2.44. The number of aliphatic imine (C=N–C) groups is 1. The zero-order valence-electron chi connectivity index (χ0n) is 17.8. The SMILES string of the molecule is CCNC(=NCc1cccc(S(=O)(=O)NCCOC)c1)NCC1(CCO)CCOC1. The van der Waals surface area contributed by atoms with Crippen molar-refractivity contribution in [2.45, 2.75) is 31.2 Å². The van der Waals surface area contributed by atoms with Crippen molar-refractivity contribution >= 4 is 16.0 Å². The average molecular weight is 443 g/mol. The molecule has 1 unspecified atom stereocenters. The van der Waals surface area contributed by atoms with Gasteiger partial charge in [-0.15, -0.1) is 0 Å². The molecule has 1 aromatic rings. The standard InChI is InChI=1S/C20H34N4O5S/c1-3-21-19(23-15-20(7-10-25)8-11-29-16-20)22-14-17-5-4-6-18(13-17)30(26,27)24-9-12-28-2/h4-6,13,24-25H,3,7-12,14-16H2,1-2H3,(H2,21,22,23). The van der Waals surface area contributed by atoms with Crippen molar-refractivity contribution in [2.24, 2.45) is 10.4 Å². The molecule has 9 nitrogen and oxygen atoms in total. The maximum Gasteiger partial charge on any atom is 0.240 e. The monoisotopic (exact) mass is 442 g/mol. The third-order valence-corrected chi connectivity index (χ3v) is 6.49. The first-order valence-corrected chi connectivity index (χ1v) is 11.7. The van der Waals surface area contributed by atoms with E-state index in [4.69, 9.17) is 9.47 Å². The van der Waals surface area contributed by atoms with Gasteiger partial charge in [0.25, 0.3) is 0 Å². The molecule has 170 valence electrons. The number of nitrogens with one attached hydrogen (secondary N) is 3. The van der Waals surface area contributed by atoms with Gasteiger partial charge in [0, 0.05) is 45.4 Å². The molecule has 1 aromatic carbocycles. The third-order valence-electron chi connectivity index (χ3n) is 5.03. The molecule has 0 bridgehead atoms. The van der Waals surface area contributed by atoms with Gasteiger partial charge in [-0.25, -0.2) is 18.1 Å². The fraction of sp³-hybridized carbons (Fsp3) is 0.650. The summed E-state index contributed by atoms with van der Waals surface area (Å²) < 4.78 is 37.7. The van der Waals surface area contributed by atoms with E-state index in [1.165, 1.54) is 7.11 Å². The van der Waals surface area contributed by atoms with Crippen LogP contribution < -0.4 is 15.4 Å². The van der Waals surface area contributed by atoms with E-state index in [1.807, 2.05) is 13.0 Å². The summed E-state index contributed by atoms with van der Waals surface area (Å²) in [6.07, 6.45) is 1.57. The van der Waals surface area contributed by atoms with Crippen LogP contribution in [0.1, 0.15) is 25.3 Å². The summed E-state index contributed by atoms with van der Waals surface area (Å²) >= 11 is 0. The number of nitrogens with zero attached hydrogens (tertiary/aromatic N) is 1. The Bertz CT molecular complexity index is 779. The van der Waals surface area contributed by atoms with Crippen molar-refractivity contribution in [2.75, 3.05) is 53.2 Å². The van der Waals surface area contributed by atoms with E-state index >= 15 is 0 Å². The van der Waals surface area contributed by atoms with Crippen LogP contribution in [0.3, 0.4) is 0 Å². The number of sulfonamides is 1. The van der Waals surface area contributed by atoms with Crippen LogP contribution in [0.25, 0.3) is 0 Å². The van der Waals surface area contributed by atoms with Crippen molar-refractivity contribution in [1.82, 2.24) is 15.4 Å². The summed E-state index contributed by atoms with van der Waals surface area (Å²) in [5.41, 5.74) is 0.698. The van der Waals surface area contributed by atoms with Crippen LogP contribution in [0.2, 0.25) is 0 Å². The molecule has 0 spiro atoms. The van der Waals surface area contributed by atoms with E-state index < -0.39 is 10.0 Å². The van der Waals surface area contributed by atoms with Gasteiger partial charge in [0.2, 0.25) is 10.0 Å². The molecule has 0 radical (unpaired) electrons. The van der Waals surface area contributed by atoms with E-state index in [0.717, 1.165) is 12.0 Å². The van der Waals surface area contributed by atoms with Gasteiger partial charge in [-0.3, -0.25) is 0 Å². The highest BCUT2D eigenvalue weighted by Gasteiger charge is 2.34. The molecule has 1 atom stereocenters. The highest BCUT2D eigenvalue weighted by atomic mass is 32.2. The molecular weight excluding hydrogens is 408 g/mol. The number of benzene rings is 1. The number of methoxy groups -OCH3 is 1. The van der Waals surface area contributed by atoms with Gasteiger partial charge in [0.05, 0.1) is 24.7 Å². The molecule has 1 aliphatic rings. The molecule has 1 heterocycles. The lowest BCUT2D eigenvalue weighted by molar-refractivity contribution is 0.127. The summed E-state index contributed by atoms with van der Waals surface area (Å²) in [5, 5.41) is 15.9. The lowest BCUT2D eigenvalue weighted by Gasteiger charge is -2.27. The Kier molecular flexibility index (Phi) is 9.99. The second-order valence-electron chi connectivity index (χ2n) is 7.36. The van der Waals surface area contributed by atoms with Crippen LogP contribution in [0.5, 0.6) is 0 Å². The Morgan fingerprint density at radius 3 is 2.87 bits per heavy atom. The second-order valence-corrected chi connectivity index (χ2v) is 9.13. The van der Waals surface area contributed by atoms with Gasteiger partial charge in [0.1, 0.15) is 0 Å². The number of aliphatic hydroxyl groups excluding tert-OH is 1. The first-order valence-electron chi connectivity index (χ1n) is 10.2. The third kappa shape index (κ3) is 7.51. The van der Waals surface area contributed by atoms with E-state index in [-0.39, 0.29) is 23.5 Å². The van der Waals surface area contributed by atoms with E-state index in [9.17, 15) is 13.5 Å². The molecule has 2 rings (SSSR count). The zero-order chi connectivity index (χ0) is 21.9.